The molecule has 0 unspecified atom stereocenters. The quantitative estimate of drug-likeness (QED) is 0.886. The lowest BCUT2D eigenvalue weighted by Gasteiger charge is -2.11. The predicted molar refractivity (Wildman–Crippen MR) is 84.6 cm³/mol. The highest BCUT2D eigenvalue weighted by atomic mass is 32.1. The van der Waals surface area contributed by atoms with Crippen molar-refractivity contribution in [1.29, 1.82) is 0 Å². The lowest BCUT2D eigenvalue weighted by Crippen LogP contribution is -2.26. The summed E-state index contributed by atoms with van der Waals surface area (Å²) in [5.74, 6) is 0.0702. The molecule has 2 aromatic rings. The van der Waals surface area contributed by atoms with Gasteiger partial charge < -0.3 is 5.32 Å². The van der Waals surface area contributed by atoms with Gasteiger partial charge in [-0.2, -0.15) is 5.10 Å². The van der Waals surface area contributed by atoms with E-state index in [0.717, 1.165) is 24.3 Å². The second-order valence-corrected chi connectivity index (χ2v) is 6.80. The monoisotopic (exact) mass is 319 g/mol. The Balaban J connectivity index is 1.47. The van der Waals surface area contributed by atoms with Gasteiger partial charge in [0.05, 0.1) is 11.7 Å². The van der Waals surface area contributed by atoms with Crippen LogP contribution in [0.4, 0.5) is 0 Å². The smallest absolute Gasteiger partial charge is 0.220 e. The number of amides is 1. The van der Waals surface area contributed by atoms with Gasteiger partial charge in [-0.05, 0) is 39.0 Å². The van der Waals surface area contributed by atoms with E-state index in [2.05, 4.69) is 15.4 Å². The van der Waals surface area contributed by atoms with Gasteiger partial charge >= 0.3 is 0 Å². The van der Waals surface area contributed by atoms with Crippen LogP contribution in [0.5, 0.6) is 0 Å². The Kier molecular flexibility index (Phi) is 4.82. The lowest BCUT2D eigenvalue weighted by atomic mass is 10.0. The summed E-state index contributed by atoms with van der Waals surface area (Å²) in [7, 11) is 0. The molecule has 0 radical (unpaired) electrons. The minimum atomic E-state index is -0.00512. The first kappa shape index (κ1) is 15.1. The fraction of sp³-hybridized carbons (Fsp3) is 0.600. The molecule has 0 saturated carbocycles. The Morgan fingerprint density at radius 2 is 2.32 bits per heavy atom. The van der Waals surface area contributed by atoms with Crippen LogP contribution >= 0.6 is 11.3 Å². The van der Waals surface area contributed by atoms with Gasteiger partial charge in [0.1, 0.15) is 17.7 Å². The fourth-order valence-corrected chi connectivity index (χ4v) is 3.84. The maximum Gasteiger partial charge on any atom is 0.220 e. The van der Waals surface area contributed by atoms with Crippen molar-refractivity contribution in [3.63, 3.8) is 0 Å². The van der Waals surface area contributed by atoms with E-state index in [1.165, 1.54) is 29.7 Å². The van der Waals surface area contributed by atoms with Gasteiger partial charge in [0.15, 0.2) is 0 Å². The van der Waals surface area contributed by atoms with Crippen molar-refractivity contribution in [3.05, 3.63) is 28.2 Å². The summed E-state index contributed by atoms with van der Waals surface area (Å²) in [6, 6.07) is -0.00512. The second kappa shape index (κ2) is 7.00. The molecular weight excluding hydrogens is 298 g/mol. The molecule has 7 heteroatoms. The third-order valence-electron chi connectivity index (χ3n) is 3.87. The highest BCUT2D eigenvalue weighted by molar-refractivity contribution is 7.11. The Labute approximate surface area is 134 Å². The summed E-state index contributed by atoms with van der Waals surface area (Å²) in [4.78, 5) is 22.0. The third kappa shape index (κ3) is 3.71. The van der Waals surface area contributed by atoms with Gasteiger partial charge in [0.2, 0.25) is 5.91 Å². The van der Waals surface area contributed by atoms with Gasteiger partial charge in [-0.25, -0.2) is 9.97 Å². The lowest BCUT2D eigenvalue weighted by molar-refractivity contribution is -0.121. The molecule has 118 valence electrons. The van der Waals surface area contributed by atoms with Gasteiger partial charge in [-0.3, -0.25) is 9.48 Å². The average Bonchev–Trinajstić information content (AvgIpc) is 3.16. The number of rotatable bonds is 6. The molecule has 0 aliphatic heterocycles. The first-order valence-electron chi connectivity index (χ1n) is 7.82. The van der Waals surface area contributed by atoms with Crippen LogP contribution in [0.25, 0.3) is 0 Å². The van der Waals surface area contributed by atoms with E-state index in [0.29, 0.717) is 13.0 Å². The van der Waals surface area contributed by atoms with Crippen molar-refractivity contribution in [2.45, 2.75) is 58.0 Å². The first-order valence-corrected chi connectivity index (χ1v) is 8.64. The molecule has 0 spiro atoms. The Hall–Kier alpha value is -1.76. The summed E-state index contributed by atoms with van der Waals surface area (Å²) in [5, 5.41) is 8.11. The second-order valence-electron chi connectivity index (χ2n) is 5.68. The number of carbonyl (C=O) groups excluding carboxylic acids is 1. The number of nitrogens with zero attached hydrogens (tertiary/aromatic N) is 4. The molecular formula is C15H21N5OS. The van der Waals surface area contributed by atoms with E-state index in [1.54, 1.807) is 22.3 Å². The minimum Gasteiger partial charge on any atom is -0.347 e. The Bertz CT molecular complexity index is 598. The Morgan fingerprint density at radius 1 is 1.45 bits per heavy atom. The van der Waals surface area contributed by atoms with E-state index in [-0.39, 0.29) is 11.9 Å². The van der Waals surface area contributed by atoms with Crippen LogP contribution < -0.4 is 5.32 Å². The van der Waals surface area contributed by atoms with Crippen molar-refractivity contribution < 1.29 is 4.79 Å². The van der Waals surface area contributed by atoms with Gasteiger partial charge in [-0.15, -0.1) is 11.3 Å². The number of fused-ring (bicyclic) bond motifs is 1. The number of thiazole rings is 1. The zero-order valence-corrected chi connectivity index (χ0v) is 13.6. The predicted octanol–water partition coefficient (Wildman–Crippen LogP) is 2.27. The van der Waals surface area contributed by atoms with Crippen LogP contribution in [0, 0.1) is 0 Å². The Morgan fingerprint density at radius 3 is 3.09 bits per heavy atom. The minimum absolute atomic E-state index is 0.00512. The number of nitrogens with one attached hydrogen (secondary N) is 1. The highest BCUT2D eigenvalue weighted by Crippen LogP contribution is 2.29. The SMILES string of the molecule is C[C@@H](NC(=O)CCCn1cncn1)c1nc2c(s1)CCCC2. The summed E-state index contributed by atoms with van der Waals surface area (Å²) >= 11 is 1.76. The summed E-state index contributed by atoms with van der Waals surface area (Å²) < 4.78 is 1.74. The normalized spacial score (nSPS) is 15.3. The van der Waals surface area contributed by atoms with Crippen molar-refractivity contribution >= 4 is 17.2 Å². The summed E-state index contributed by atoms with van der Waals surface area (Å²) in [6.45, 7) is 2.73. The van der Waals surface area contributed by atoms with Gasteiger partial charge in [0, 0.05) is 17.8 Å². The molecule has 1 atom stereocenters. The topological polar surface area (TPSA) is 72.7 Å². The van der Waals surface area contributed by atoms with Crippen molar-refractivity contribution in [1.82, 2.24) is 25.1 Å². The number of carbonyl (C=O) groups is 1. The van der Waals surface area contributed by atoms with Gasteiger partial charge in [0.25, 0.3) is 0 Å². The van der Waals surface area contributed by atoms with E-state index in [4.69, 9.17) is 4.98 Å². The molecule has 0 aromatic carbocycles. The van der Waals surface area contributed by atoms with Crippen molar-refractivity contribution in [2.24, 2.45) is 0 Å². The average molecular weight is 319 g/mol. The maximum absolute atomic E-state index is 12.0. The molecule has 2 aromatic heterocycles. The fourth-order valence-electron chi connectivity index (χ4n) is 2.68. The van der Waals surface area contributed by atoms with Gasteiger partial charge in [-0.1, -0.05) is 0 Å². The number of hydrogen-bond donors (Lipinski definition) is 1. The van der Waals surface area contributed by atoms with E-state index in [1.807, 2.05) is 6.92 Å². The van der Waals surface area contributed by atoms with E-state index < -0.39 is 0 Å². The van der Waals surface area contributed by atoms with Crippen LogP contribution in [0.3, 0.4) is 0 Å². The highest BCUT2D eigenvalue weighted by Gasteiger charge is 2.19. The molecule has 1 aliphatic rings. The number of aromatic nitrogens is 4. The zero-order chi connectivity index (χ0) is 15.4. The molecule has 1 aliphatic carbocycles. The van der Waals surface area contributed by atoms with Crippen LogP contribution in [-0.4, -0.2) is 25.7 Å². The maximum atomic E-state index is 12.0. The largest absolute Gasteiger partial charge is 0.347 e. The van der Waals surface area contributed by atoms with Crippen molar-refractivity contribution in [3.8, 4) is 0 Å². The molecule has 6 nitrogen and oxygen atoms in total. The molecule has 0 saturated heterocycles. The molecule has 22 heavy (non-hydrogen) atoms. The molecule has 1 N–H and O–H groups in total. The van der Waals surface area contributed by atoms with Crippen LogP contribution in [0.1, 0.15) is 54.2 Å². The molecule has 0 fully saturated rings. The summed E-state index contributed by atoms with van der Waals surface area (Å²) in [5.41, 5.74) is 1.25. The van der Waals surface area contributed by atoms with Crippen LogP contribution in [0.15, 0.2) is 12.7 Å². The standard InChI is InChI=1S/C15H21N5OS/c1-11(15-19-12-5-2-3-6-13(12)22-15)18-14(21)7-4-8-20-10-16-9-17-20/h9-11H,2-8H2,1H3,(H,18,21)/t11-/m1/s1. The number of aryl methyl sites for hydroxylation is 3. The van der Waals surface area contributed by atoms with Crippen LogP contribution in [0.2, 0.25) is 0 Å². The number of hydrogen-bond acceptors (Lipinski definition) is 5. The van der Waals surface area contributed by atoms with Crippen molar-refractivity contribution in [2.75, 3.05) is 0 Å². The first-order chi connectivity index (χ1) is 10.7. The van der Waals surface area contributed by atoms with E-state index in [9.17, 15) is 4.79 Å². The molecule has 0 bridgehead atoms. The van der Waals surface area contributed by atoms with Crippen LogP contribution in [-0.2, 0) is 24.2 Å². The molecule has 3 rings (SSSR count). The molecule has 1 amide bonds. The zero-order valence-electron chi connectivity index (χ0n) is 12.8. The third-order valence-corrected chi connectivity index (χ3v) is 5.21. The summed E-state index contributed by atoms with van der Waals surface area (Å²) in [6.07, 6.45) is 9.16. The molecule has 2 heterocycles. The van der Waals surface area contributed by atoms with E-state index >= 15 is 0 Å².